The van der Waals surface area contributed by atoms with Gasteiger partial charge < -0.3 is 5.32 Å². The molecule has 0 radical (unpaired) electrons. The second-order valence-electron chi connectivity index (χ2n) is 5.25. The molecule has 1 N–H and O–H groups in total. The van der Waals surface area contributed by atoms with Crippen LogP contribution in [0.15, 0.2) is 60.9 Å². The van der Waals surface area contributed by atoms with Gasteiger partial charge in [0.15, 0.2) is 0 Å². The summed E-state index contributed by atoms with van der Waals surface area (Å²) in [4.78, 5) is 12.1. The van der Waals surface area contributed by atoms with Crippen LogP contribution in [-0.4, -0.2) is 22.2 Å². The molecule has 24 heavy (non-hydrogen) atoms. The zero-order valence-electron chi connectivity index (χ0n) is 12.7. The highest BCUT2D eigenvalue weighted by molar-refractivity contribution is 14.1. The van der Waals surface area contributed by atoms with E-state index in [2.05, 4.69) is 10.4 Å². The zero-order chi connectivity index (χ0) is 16.9. The van der Waals surface area contributed by atoms with E-state index in [4.69, 9.17) is 0 Å². The van der Waals surface area contributed by atoms with Crippen molar-refractivity contribution in [3.05, 3.63) is 81.4 Å². The molecule has 0 fully saturated rings. The number of rotatable bonds is 5. The van der Waals surface area contributed by atoms with Crippen LogP contribution in [-0.2, 0) is 6.42 Å². The van der Waals surface area contributed by atoms with Crippen LogP contribution in [0.3, 0.4) is 0 Å². The SMILES string of the molecule is O=C(NCCc1ccc(-n2cccn2)cc1)c1ccc(F)cc1I. The van der Waals surface area contributed by atoms with Crippen LogP contribution in [0, 0.1) is 9.39 Å². The van der Waals surface area contributed by atoms with Gasteiger partial charge >= 0.3 is 0 Å². The van der Waals surface area contributed by atoms with E-state index in [0.29, 0.717) is 15.7 Å². The minimum atomic E-state index is -0.340. The van der Waals surface area contributed by atoms with Gasteiger partial charge in [0, 0.05) is 22.5 Å². The third-order valence-electron chi connectivity index (χ3n) is 3.58. The molecule has 0 aliphatic rings. The van der Waals surface area contributed by atoms with Crippen molar-refractivity contribution in [2.24, 2.45) is 0 Å². The Balaban J connectivity index is 1.55. The minimum Gasteiger partial charge on any atom is -0.352 e. The summed E-state index contributed by atoms with van der Waals surface area (Å²) in [6, 6.07) is 14.1. The molecule has 0 saturated carbocycles. The Morgan fingerprint density at radius 1 is 1.21 bits per heavy atom. The van der Waals surface area contributed by atoms with E-state index in [0.717, 1.165) is 17.7 Å². The van der Waals surface area contributed by atoms with Crippen molar-refractivity contribution in [3.8, 4) is 5.69 Å². The smallest absolute Gasteiger partial charge is 0.252 e. The number of hydrogen-bond donors (Lipinski definition) is 1. The van der Waals surface area contributed by atoms with Crippen molar-refractivity contribution in [1.29, 1.82) is 0 Å². The summed E-state index contributed by atoms with van der Waals surface area (Å²) in [6.45, 7) is 0.521. The number of nitrogens with zero attached hydrogens (tertiary/aromatic N) is 2. The summed E-state index contributed by atoms with van der Waals surface area (Å²) < 4.78 is 15.5. The predicted octanol–water partition coefficient (Wildman–Crippen LogP) is 3.59. The van der Waals surface area contributed by atoms with E-state index in [1.54, 1.807) is 10.9 Å². The first-order valence-corrected chi connectivity index (χ1v) is 8.53. The number of carbonyl (C=O) groups is 1. The number of hydrogen-bond acceptors (Lipinski definition) is 2. The van der Waals surface area contributed by atoms with E-state index in [1.165, 1.54) is 18.2 Å². The standard InChI is InChI=1S/C18H15FIN3O/c19-14-4-7-16(17(20)12-14)18(24)21-10-8-13-2-5-15(6-3-13)23-11-1-9-22-23/h1-7,9,11-12H,8,10H2,(H,21,24). The summed E-state index contributed by atoms with van der Waals surface area (Å²) in [6.07, 6.45) is 4.35. The quantitative estimate of drug-likeness (QED) is 0.623. The molecule has 0 bridgehead atoms. The molecule has 122 valence electrons. The number of benzene rings is 2. The topological polar surface area (TPSA) is 46.9 Å². The van der Waals surface area contributed by atoms with Crippen LogP contribution in [0.25, 0.3) is 5.69 Å². The lowest BCUT2D eigenvalue weighted by atomic mass is 10.1. The highest BCUT2D eigenvalue weighted by Crippen LogP contribution is 2.14. The first-order chi connectivity index (χ1) is 11.6. The fourth-order valence-corrected chi connectivity index (χ4v) is 3.05. The fraction of sp³-hybridized carbons (Fsp3) is 0.111. The van der Waals surface area contributed by atoms with Crippen molar-refractivity contribution in [1.82, 2.24) is 15.1 Å². The highest BCUT2D eigenvalue weighted by Gasteiger charge is 2.10. The molecule has 4 nitrogen and oxygen atoms in total. The Bertz CT molecular complexity index is 832. The molecule has 0 aliphatic carbocycles. The molecule has 6 heteroatoms. The molecular formula is C18H15FIN3O. The number of aromatic nitrogens is 2. The second kappa shape index (κ2) is 7.57. The van der Waals surface area contributed by atoms with Gasteiger partial charge in [0.2, 0.25) is 0 Å². The average Bonchev–Trinajstić information content (AvgIpc) is 3.10. The Morgan fingerprint density at radius 3 is 2.67 bits per heavy atom. The van der Waals surface area contributed by atoms with Crippen LogP contribution >= 0.6 is 22.6 Å². The molecule has 0 spiro atoms. The maximum atomic E-state index is 13.1. The third kappa shape index (κ3) is 4.00. The lowest BCUT2D eigenvalue weighted by molar-refractivity contribution is 0.0953. The number of nitrogens with one attached hydrogen (secondary N) is 1. The van der Waals surface area contributed by atoms with E-state index in [-0.39, 0.29) is 11.7 Å². The van der Waals surface area contributed by atoms with Crippen LogP contribution in [0.4, 0.5) is 4.39 Å². The van der Waals surface area contributed by atoms with Gasteiger partial charge in [-0.3, -0.25) is 4.79 Å². The van der Waals surface area contributed by atoms with Crippen molar-refractivity contribution in [2.45, 2.75) is 6.42 Å². The first kappa shape index (κ1) is 16.6. The first-order valence-electron chi connectivity index (χ1n) is 7.46. The van der Waals surface area contributed by atoms with Crippen molar-refractivity contribution in [2.75, 3.05) is 6.54 Å². The molecular weight excluding hydrogens is 420 g/mol. The monoisotopic (exact) mass is 435 g/mol. The van der Waals surface area contributed by atoms with Gasteiger partial charge in [-0.25, -0.2) is 9.07 Å². The van der Waals surface area contributed by atoms with Gasteiger partial charge in [-0.2, -0.15) is 5.10 Å². The zero-order valence-corrected chi connectivity index (χ0v) is 14.9. The van der Waals surface area contributed by atoms with Gasteiger partial charge in [-0.15, -0.1) is 0 Å². The molecule has 0 atom stereocenters. The number of halogens is 2. The molecule has 0 aliphatic heterocycles. The molecule has 1 amide bonds. The van der Waals surface area contributed by atoms with Gasteiger partial charge in [-0.1, -0.05) is 12.1 Å². The molecule has 1 aromatic heterocycles. The van der Waals surface area contributed by atoms with Crippen LogP contribution in [0.2, 0.25) is 0 Å². The molecule has 3 rings (SSSR count). The van der Waals surface area contributed by atoms with Crippen LogP contribution in [0.1, 0.15) is 15.9 Å². The maximum Gasteiger partial charge on any atom is 0.252 e. The molecule has 0 saturated heterocycles. The van der Waals surface area contributed by atoms with Crippen LogP contribution < -0.4 is 5.32 Å². The van der Waals surface area contributed by atoms with Gasteiger partial charge in [-0.05, 0) is 71.0 Å². The average molecular weight is 435 g/mol. The van der Waals surface area contributed by atoms with Crippen LogP contribution in [0.5, 0.6) is 0 Å². The van der Waals surface area contributed by atoms with Crippen molar-refractivity contribution in [3.63, 3.8) is 0 Å². The predicted molar refractivity (Wildman–Crippen MR) is 98.7 cm³/mol. The normalized spacial score (nSPS) is 10.6. The highest BCUT2D eigenvalue weighted by atomic mass is 127. The van der Waals surface area contributed by atoms with Gasteiger partial charge in [0.1, 0.15) is 5.82 Å². The van der Waals surface area contributed by atoms with Crippen molar-refractivity contribution < 1.29 is 9.18 Å². The molecule has 2 aromatic carbocycles. The van der Waals surface area contributed by atoms with E-state index >= 15 is 0 Å². The summed E-state index contributed by atoms with van der Waals surface area (Å²) in [5.74, 6) is -0.527. The molecule has 3 aromatic rings. The summed E-state index contributed by atoms with van der Waals surface area (Å²) in [5, 5.41) is 7.05. The largest absolute Gasteiger partial charge is 0.352 e. The lowest BCUT2D eigenvalue weighted by Crippen LogP contribution is -2.26. The number of amides is 1. The summed E-state index contributed by atoms with van der Waals surface area (Å²) in [5.41, 5.74) is 2.61. The van der Waals surface area contributed by atoms with E-state index < -0.39 is 0 Å². The second-order valence-corrected chi connectivity index (χ2v) is 6.41. The Hall–Kier alpha value is -2.22. The van der Waals surface area contributed by atoms with Crippen molar-refractivity contribution >= 4 is 28.5 Å². The summed E-state index contributed by atoms with van der Waals surface area (Å²) >= 11 is 1.96. The molecule has 1 heterocycles. The Kier molecular flexibility index (Phi) is 5.24. The molecule has 0 unspecified atom stereocenters. The maximum absolute atomic E-state index is 13.1. The van der Waals surface area contributed by atoms with Gasteiger partial charge in [0.05, 0.1) is 11.3 Å². The van der Waals surface area contributed by atoms with Gasteiger partial charge in [0.25, 0.3) is 5.91 Å². The lowest BCUT2D eigenvalue weighted by Gasteiger charge is -2.08. The van der Waals surface area contributed by atoms with E-state index in [9.17, 15) is 9.18 Å². The fourth-order valence-electron chi connectivity index (χ4n) is 2.33. The third-order valence-corrected chi connectivity index (χ3v) is 4.47. The summed E-state index contributed by atoms with van der Waals surface area (Å²) in [7, 11) is 0. The Labute approximate surface area is 152 Å². The Morgan fingerprint density at radius 2 is 2.00 bits per heavy atom. The number of carbonyl (C=O) groups excluding carboxylic acids is 1. The minimum absolute atomic E-state index is 0.187. The van der Waals surface area contributed by atoms with E-state index in [1.807, 2.05) is 59.1 Å².